The lowest BCUT2D eigenvalue weighted by Gasteiger charge is -2.15. The first-order valence-electron chi connectivity index (χ1n) is 5.13. The molecule has 16 heavy (non-hydrogen) atoms. The second kappa shape index (κ2) is 5.89. The molecule has 1 unspecified atom stereocenters. The number of carbonyl (C=O) groups excluding carboxylic acids is 1. The Bertz CT molecular complexity index is 383. The molecule has 0 aliphatic rings. The molecule has 0 saturated heterocycles. The molecule has 0 aromatic heterocycles. The quantitative estimate of drug-likeness (QED) is 0.792. The average molecular weight is 217 g/mol. The van der Waals surface area contributed by atoms with Crippen LogP contribution in [0.5, 0.6) is 0 Å². The normalized spacial score (nSPS) is 13.6. The zero-order valence-electron chi connectivity index (χ0n) is 9.18. The van der Waals surface area contributed by atoms with Crippen LogP contribution in [0.1, 0.15) is 24.9 Å². The van der Waals surface area contributed by atoms with Gasteiger partial charge in [0.2, 0.25) is 5.91 Å². The minimum atomic E-state index is -0.678. The number of nitrogens with one attached hydrogen (secondary N) is 1. The predicted octanol–water partition coefficient (Wildman–Crippen LogP) is 1.10. The van der Waals surface area contributed by atoms with Gasteiger partial charge in [0.15, 0.2) is 0 Å². The minimum Gasteiger partial charge on any atom is -0.351 e. The molecule has 1 amide bonds. The van der Waals surface area contributed by atoms with Crippen molar-refractivity contribution in [2.45, 2.75) is 25.4 Å². The van der Waals surface area contributed by atoms with Gasteiger partial charge in [0.25, 0.3) is 0 Å². The lowest BCUT2D eigenvalue weighted by atomic mass is 10.1. The molecular weight excluding hydrogens is 202 g/mol. The maximum absolute atomic E-state index is 11.7. The molecule has 0 heterocycles. The number of nitriles is 1. The van der Waals surface area contributed by atoms with Gasteiger partial charge >= 0.3 is 0 Å². The van der Waals surface area contributed by atoms with Crippen LogP contribution in [0, 0.1) is 11.3 Å². The van der Waals surface area contributed by atoms with Crippen LogP contribution in [-0.4, -0.2) is 11.9 Å². The summed E-state index contributed by atoms with van der Waals surface area (Å²) in [4.78, 5) is 11.7. The van der Waals surface area contributed by atoms with E-state index >= 15 is 0 Å². The van der Waals surface area contributed by atoms with Crippen LogP contribution >= 0.6 is 0 Å². The van der Waals surface area contributed by atoms with Crippen molar-refractivity contribution >= 4 is 5.91 Å². The SMILES string of the molecule is CC(CC#N)NC(=O)[C@@H](N)c1ccccc1. The Hall–Kier alpha value is -1.86. The van der Waals surface area contributed by atoms with E-state index in [1.54, 1.807) is 19.1 Å². The summed E-state index contributed by atoms with van der Waals surface area (Å²) >= 11 is 0. The van der Waals surface area contributed by atoms with Gasteiger partial charge in [-0.15, -0.1) is 0 Å². The summed E-state index contributed by atoms with van der Waals surface area (Å²) in [6.07, 6.45) is 0.285. The number of benzene rings is 1. The van der Waals surface area contributed by atoms with Crippen molar-refractivity contribution in [2.24, 2.45) is 5.73 Å². The first kappa shape index (κ1) is 12.2. The van der Waals surface area contributed by atoms with E-state index in [9.17, 15) is 4.79 Å². The van der Waals surface area contributed by atoms with E-state index in [1.807, 2.05) is 24.3 Å². The fourth-order valence-corrected chi connectivity index (χ4v) is 1.33. The molecule has 0 radical (unpaired) electrons. The van der Waals surface area contributed by atoms with Crippen LogP contribution in [0.25, 0.3) is 0 Å². The first-order chi connectivity index (χ1) is 7.65. The number of rotatable bonds is 4. The Morgan fingerprint density at radius 1 is 1.50 bits per heavy atom. The Kier molecular flexibility index (Phi) is 4.49. The number of amides is 1. The molecule has 0 saturated carbocycles. The molecule has 0 fully saturated rings. The standard InChI is InChI=1S/C12H15N3O/c1-9(7-8-13)15-12(16)11(14)10-5-3-2-4-6-10/h2-6,9,11H,7,14H2,1H3,(H,15,16)/t9?,11-/m0/s1. The van der Waals surface area contributed by atoms with E-state index in [2.05, 4.69) is 5.32 Å². The minimum absolute atomic E-state index is 0.174. The number of nitrogens with zero attached hydrogens (tertiary/aromatic N) is 1. The van der Waals surface area contributed by atoms with Gasteiger partial charge in [0.1, 0.15) is 6.04 Å². The molecule has 2 atom stereocenters. The van der Waals surface area contributed by atoms with E-state index < -0.39 is 6.04 Å². The van der Waals surface area contributed by atoms with Crippen LogP contribution in [-0.2, 0) is 4.79 Å². The third-order valence-corrected chi connectivity index (χ3v) is 2.23. The van der Waals surface area contributed by atoms with Crippen molar-refractivity contribution in [3.8, 4) is 6.07 Å². The van der Waals surface area contributed by atoms with Crippen molar-refractivity contribution in [2.75, 3.05) is 0 Å². The third-order valence-electron chi connectivity index (χ3n) is 2.23. The number of nitrogens with two attached hydrogens (primary N) is 1. The lowest BCUT2D eigenvalue weighted by molar-refractivity contribution is -0.123. The predicted molar refractivity (Wildman–Crippen MR) is 61.2 cm³/mol. The molecule has 84 valence electrons. The molecule has 4 heteroatoms. The molecule has 0 bridgehead atoms. The fraction of sp³-hybridized carbons (Fsp3) is 0.333. The highest BCUT2D eigenvalue weighted by molar-refractivity contribution is 5.83. The summed E-state index contributed by atoms with van der Waals surface area (Å²) in [5.74, 6) is -0.256. The highest BCUT2D eigenvalue weighted by atomic mass is 16.2. The van der Waals surface area contributed by atoms with Crippen molar-refractivity contribution in [3.63, 3.8) is 0 Å². The lowest BCUT2D eigenvalue weighted by Crippen LogP contribution is -2.39. The van der Waals surface area contributed by atoms with Crippen molar-refractivity contribution in [1.29, 1.82) is 5.26 Å². The van der Waals surface area contributed by atoms with E-state index in [-0.39, 0.29) is 18.4 Å². The molecule has 3 N–H and O–H groups in total. The zero-order chi connectivity index (χ0) is 12.0. The Morgan fingerprint density at radius 2 is 2.12 bits per heavy atom. The van der Waals surface area contributed by atoms with Crippen molar-refractivity contribution in [1.82, 2.24) is 5.32 Å². The summed E-state index contributed by atoms with van der Waals surface area (Å²) < 4.78 is 0. The fourth-order valence-electron chi connectivity index (χ4n) is 1.33. The summed E-state index contributed by atoms with van der Waals surface area (Å²) in [6.45, 7) is 1.78. The number of hydrogen-bond donors (Lipinski definition) is 2. The van der Waals surface area contributed by atoms with Crippen molar-refractivity contribution < 1.29 is 4.79 Å². The van der Waals surface area contributed by atoms with E-state index in [0.29, 0.717) is 0 Å². The van der Waals surface area contributed by atoms with E-state index in [1.165, 1.54) is 0 Å². The Labute approximate surface area is 95.1 Å². The molecule has 1 aromatic carbocycles. The van der Waals surface area contributed by atoms with Crippen LogP contribution in [0.15, 0.2) is 30.3 Å². The smallest absolute Gasteiger partial charge is 0.241 e. The van der Waals surface area contributed by atoms with Gasteiger partial charge < -0.3 is 11.1 Å². The van der Waals surface area contributed by atoms with Gasteiger partial charge in [0, 0.05) is 6.04 Å². The molecule has 0 spiro atoms. The van der Waals surface area contributed by atoms with Crippen LogP contribution in [0.3, 0.4) is 0 Å². The van der Waals surface area contributed by atoms with Gasteiger partial charge in [-0.2, -0.15) is 5.26 Å². The van der Waals surface area contributed by atoms with Gasteiger partial charge in [-0.3, -0.25) is 4.79 Å². The van der Waals surface area contributed by atoms with Crippen LogP contribution in [0.2, 0.25) is 0 Å². The van der Waals surface area contributed by atoms with Crippen molar-refractivity contribution in [3.05, 3.63) is 35.9 Å². The molecule has 0 aliphatic heterocycles. The van der Waals surface area contributed by atoms with Gasteiger partial charge in [-0.1, -0.05) is 30.3 Å². The second-order valence-electron chi connectivity index (χ2n) is 3.66. The Balaban J connectivity index is 2.59. The molecule has 1 aromatic rings. The number of hydrogen-bond acceptors (Lipinski definition) is 3. The number of carbonyl (C=O) groups is 1. The molecule has 4 nitrogen and oxygen atoms in total. The maximum atomic E-state index is 11.7. The first-order valence-corrected chi connectivity index (χ1v) is 5.13. The summed E-state index contributed by atoms with van der Waals surface area (Å²) in [5, 5.41) is 11.2. The zero-order valence-corrected chi connectivity index (χ0v) is 9.18. The topological polar surface area (TPSA) is 78.9 Å². The monoisotopic (exact) mass is 217 g/mol. The van der Waals surface area contributed by atoms with Crippen LogP contribution < -0.4 is 11.1 Å². The molecule has 0 aliphatic carbocycles. The maximum Gasteiger partial charge on any atom is 0.241 e. The third kappa shape index (κ3) is 3.37. The van der Waals surface area contributed by atoms with E-state index in [0.717, 1.165) is 5.56 Å². The summed E-state index contributed by atoms with van der Waals surface area (Å²) in [5.41, 5.74) is 6.56. The summed E-state index contributed by atoms with van der Waals surface area (Å²) in [7, 11) is 0. The van der Waals surface area contributed by atoms with Gasteiger partial charge in [0.05, 0.1) is 12.5 Å². The molecular formula is C12H15N3O. The Morgan fingerprint density at radius 3 is 2.69 bits per heavy atom. The highest BCUT2D eigenvalue weighted by Gasteiger charge is 2.16. The highest BCUT2D eigenvalue weighted by Crippen LogP contribution is 2.09. The average Bonchev–Trinajstić information content (AvgIpc) is 2.29. The molecule has 1 rings (SSSR count). The summed E-state index contributed by atoms with van der Waals surface area (Å²) in [6, 6.07) is 10.3. The van der Waals surface area contributed by atoms with Crippen LogP contribution in [0.4, 0.5) is 0 Å². The van der Waals surface area contributed by atoms with Gasteiger partial charge in [-0.25, -0.2) is 0 Å². The largest absolute Gasteiger partial charge is 0.351 e. The van der Waals surface area contributed by atoms with E-state index in [4.69, 9.17) is 11.0 Å². The second-order valence-corrected chi connectivity index (χ2v) is 3.66. The van der Waals surface area contributed by atoms with Gasteiger partial charge in [-0.05, 0) is 12.5 Å².